The molecule has 0 saturated carbocycles. The molecule has 0 N–H and O–H groups in total. The molecule has 0 amide bonds. The van der Waals surface area contributed by atoms with Crippen molar-refractivity contribution in [3.05, 3.63) is 83.9 Å². The molecule has 0 unspecified atom stereocenters. The number of nitriles is 1. The number of rotatable bonds is 6. The maximum Gasteiger partial charge on any atom is 0.163 e. The maximum absolute atomic E-state index is 12.5. The Bertz CT molecular complexity index is 668. The number of carbonyl (C=O) groups excluding carboxylic acids is 1. The second kappa shape index (κ2) is 7.95. The van der Waals surface area contributed by atoms with Crippen LogP contribution in [0.1, 0.15) is 35.2 Å². The fourth-order valence-corrected chi connectivity index (χ4v) is 2.58. The van der Waals surface area contributed by atoms with Gasteiger partial charge in [0.1, 0.15) is 0 Å². The molecule has 110 valence electrons. The van der Waals surface area contributed by atoms with Crippen LogP contribution in [-0.2, 0) is 0 Å². The molecule has 2 aromatic carbocycles. The van der Waals surface area contributed by atoms with E-state index in [1.165, 1.54) is 6.08 Å². The first-order chi connectivity index (χ1) is 10.7. The molecule has 2 heteroatoms. The number of Topliss-reactive ketones (excluding diaryl/α,β-unsaturated/α-hetero) is 1. The van der Waals surface area contributed by atoms with Crippen molar-refractivity contribution >= 4 is 5.78 Å². The highest BCUT2D eigenvalue weighted by atomic mass is 16.1. The summed E-state index contributed by atoms with van der Waals surface area (Å²) in [6, 6.07) is 21.4. The summed E-state index contributed by atoms with van der Waals surface area (Å²) < 4.78 is 0. The molecule has 0 fully saturated rings. The van der Waals surface area contributed by atoms with Crippen LogP contribution in [0, 0.1) is 17.2 Å². The molecule has 0 spiro atoms. The smallest absolute Gasteiger partial charge is 0.163 e. The largest absolute Gasteiger partial charge is 0.294 e. The summed E-state index contributed by atoms with van der Waals surface area (Å²) in [6.07, 6.45) is 3.80. The summed E-state index contributed by atoms with van der Waals surface area (Å²) in [5.41, 5.74) is 1.86. The van der Waals surface area contributed by atoms with Gasteiger partial charge < -0.3 is 0 Å². The van der Waals surface area contributed by atoms with Gasteiger partial charge in [0.25, 0.3) is 0 Å². The van der Waals surface area contributed by atoms with Crippen molar-refractivity contribution in [3.8, 4) is 6.07 Å². The van der Waals surface area contributed by atoms with Crippen LogP contribution in [0.5, 0.6) is 0 Å². The number of allylic oxidation sites excluding steroid dienone is 2. The van der Waals surface area contributed by atoms with Gasteiger partial charge in [0, 0.05) is 18.1 Å². The Kier molecular flexibility index (Phi) is 5.68. The van der Waals surface area contributed by atoms with E-state index in [2.05, 4.69) is 0 Å². The molecule has 0 saturated heterocycles. The maximum atomic E-state index is 12.5. The fourth-order valence-electron chi connectivity index (χ4n) is 2.58. The van der Waals surface area contributed by atoms with E-state index in [0.29, 0.717) is 6.42 Å². The average molecular weight is 289 g/mol. The molecule has 0 aromatic heterocycles. The van der Waals surface area contributed by atoms with Crippen LogP contribution in [0.3, 0.4) is 0 Å². The van der Waals surface area contributed by atoms with Gasteiger partial charge in [-0.1, -0.05) is 73.7 Å². The minimum Gasteiger partial charge on any atom is -0.294 e. The number of carbonyl (C=O) groups is 1. The number of hydrogen-bond acceptors (Lipinski definition) is 2. The second-order valence-electron chi connectivity index (χ2n) is 5.36. The first kappa shape index (κ1) is 15.7. The quantitative estimate of drug-likeness (QED) is 0.568. The van der Waals surface area contributed by atoms with Gasteiger partial charge in [0.2, 0.25) is 0 Å². The zero-order valence-electron chi connectivity index (χ0n) is 12.6. The molecule has 0 aliphatic carbocycles. The van der Waals surface area contributed by atoms with Crippen LogP contribution < -0.4 is 0 Å². The van der Waals surface area contributed by atoms with Gasteiger partial charge in [-0.3, -0.25) is 4.79 Å². The lowest BCUT2D eigenvalue weighted by molar-refractivity contribution is 0.0968. The number of ketones is 1. The van der Waals surface area contributed by atoms with Crippen LogP contribution in [0.25, 0.3) is 0 Å². The summed E-state index contributed by atoms with van der Waals surface area (Å²) >= 11 is 0. The average Bonchev–Trinajstić information content (AvgIpc) is 2.59. The van der Waals surface area contributed by atoms with E-state index in [4.69, 9.17) is 5.26 Å². The van der Waals surface area contributed by atoms with Crippen molar-refractivity contribution in [1.29, 1.82) is 5.26 Å². The third-order valence-electron chi connectivity index (χ3n) is 3.84. The third-order valence-corrected chi connectivity index (χ3v) is 3.84. The Morgan fingerprint density at radius 2 is 1.68 bits per heavy atom. The number of benzene rings is 2. The first-order valence-electron chi connectivity index (χ1n) is 7.42. The highest BCUT2D eigenvalue weighted by Crippen LogP contribution is 2.30. The van der Waals surface area contributed by atoms with E-state index in [9.17, 15) is 4.79 Å². The molecule has 0 aliphatic rings. The molecule has 0 radical (unpaired) electrons. The van der Waals surface area contributed by atoms with Crippen molar-refractivity contribution in [1.82, 2.24) is 0 Å². The highest BCUT2D eigenvalue weighted by molar-refractivity contribution is 5.96. The molecule has 0 bridgehead atoms. The normalized spacial score (nSPS) is 13.5. The summed E-state index contributed by atoms with van der Waals surface area (Å²) in [5.74, 6) is 0.319. The lowest BCUT2D eigenvalue weighted by atomic mass is 9.82. The van der Waals surface area contributed by atoms with Gasteiger partial charge >= 0.3 is 0 Å². The minimum atomic E-state index is 0.0681. The molecule has 0 heterocycles. The van der Waals surface area contributed by atoms with Crippen molar-refractivity contribution in [2.75, 3.05) is 0 Å². The van der Waals surface area contributed by atoms with Gasteiger partial charge in [0.15, 0.2) is 5.78 Å². The van der Waals surface area contributed by atoms with Crippen LogP contribution in [0.15, 0.2) is 72.8 Å². The zero-order valence-corrected chi connectivity index (χ0v) is 12.6. The number of nitrogens with zero attached hydrogens (tertiary/aromatic N) is 1. The first-order valence-corrected chi connectivity index (χ1v) is 7.42. The Labute approximate surface area is 131 Å². The van der Waals surface area contributed by atoms with Crippen molar-refractivity contribution in [3.63, 3.8) is 0 Å². The molecule has 2 rings (SSSR count). The molecule has 0 aliphatic heterocycles. The van der Waals surface area contributed by atoms with E-state index in [-0.39, 0.29) is 17.6 Å². The zero-order chi connectivity index (χ0) is 15.8. The molecule has 2 aromatic rings. The SMILES string of the molecule is C[C@H](/C=C\C#N)[C@@H](CC(=O)c1ccccc1)c1ccccc1. The molecular formula is C20H19NO. The Morgan fingerprint density at radius 1 is 1.09 bits per heavy atom. The standard InChI is InChI=1S/C20H19NO/c1-16(9-8-14-21)19(17-10-4-2-5-11-17)15-20(22)18-12-6-3-7-13-18/h2-13,16,19H,15H2,1H3/b9-8-/t16-,19-/m1/s1. The van der Waals surface area contributed by atoms with Crippen LogP contribution in [0.4, 0.5) is 0 Å². The van der Waals surface area contributed by atoms with Gasteiger partial charge in [-0.2, -0.15) is 5.26 Å². The van der Waals surface area contributed by atoms with E-state index in [1.807, 2.05) is 79.7 Å². The lowest BCUT2D eigenvalue weighted by Crippen LogP contribution is -2.13. The van der Waals surface area contributed by atoms with Gasteiger partial charge in [0.05, 0.1) is 6.07 Å². The second-order valence-corrected chi connectivity index (χ2v) is 5.36. The van der Waals surface area contributed by atoms with Crippen molar-refractivity contribution in [2.45, 2.75) is 19.3 Å². The topological polar surface area (TPSA) is 40.9 Å². The molecular weight excluding hydrogens is 270 g/mol. The predicted octanol–water partition coefficient (Wildman–Crippen LogP) is 4.76. The Balaban J connectivity index is 2.24. The summed E-state index contributed by atoms with van der Waals surface area (Å²) in [7, 11) is 0. The van der Waals surface area contributed by atoms with Gasteiger partial charge in [-0.15, -0.1) is 0 Å². The van der Waals surface area contributed by atoms with E-state index in [1.54, 1.807) is 0 Å². The predicted molar refractivity (Wildman–Crippen MR) is 88.5 cm³/mol. The third kappa shape index (κ3) is 4.17. The minimum absolute atomic E-state index is 0.0681. The van der Waals surface area contributed by atoms with E-state index >= 15 is 0 Å². The van der Waals surface area contributed by atoms with Gasteiger partial charge in [-0.05, 0) is 17.4 Å². The van der Waals surface area contributed by atoms with Crippen molar-refractivity contribution < 1.29 is 4.79 Å². The molecule has 2 atom stereocenters. The Morgan fingerprint density at radius 3 is 2.27 bits per heavy atom. The summed E-state index contributed by atoms with van der Waals surface area (Å²) in [4.78, 5) is 12.5. The summed E-state index contributed by atoms with van der Waals surface area (Å²) in [5, 5.41) is 8.72. The van der Waals surface area contributed by atoms with Crippen LogP contribution in [0.2, 0.25) is 0 Å². The molecule has 22 heavy (non-hydrogen) atoms. The molecule has 2 nitrogen and oxygen atoms in total. The van der Waals surface area contributed by atoms with E-state index in [0.717, 1.165) is 11.1 Å². The van der Waals surface area contributed by atoms with Crippen molar-refractivity contribution in [2.24, 2.45) is 5.92 Å². The summed E-state index contributed by atoms with van der Waals surface area (Å²) in [6.45, 7) is 2.05. The monoisotopic (exact) mass is 289 g/mol. The fraction of sp³-hybridized carbons (Fsp3) is 0.200. The van der Waals surface area contributed by atoms with E-state index < -0.39 is 0 Å². The van der Waals surface area contributed by atoms with Gasteiger partial charge in [-0.25, -0.2) is 0 Å². The highest BCUT2D eigenvalue weighted by Gasteiger charge is 2.21. The van der Waals surface area contributed by atoms with Crippen LogP contribution in [-0.4, -0.2) is 5.78 Å². The Hall–Kier alpha value is -2.66. The number of hydrogen-bond donors (Lipinski definition) is 0. The van der Waals surface area contributed by atoms with Crippen LogP contribution >= 0.6 is 0 Å². The lowest BCUT2D eigenvalue weighted by Gasteiger charge is -2.21.